The molecule has 2 fully saturated rings. The number of carbonyl (C=O) groups is 1. The third-order valence-electron chi connectivity index (χ3n) is 5.80. The quantitative estimate of drug-likeness (QED) is 0.855. The smallest absolute Gasteiger partial charge is 0.410 e. The van der Waals surface area contributed by atoms with Crippen molar-refractivity contribution in [3.8, 4) is 5.75 Å². The van der Waals surface area contributed by atoms with Crippen LogP contribution in [0.1, 0.15) is 57.9 Å². The van der Waals surface area contributed by atoms with Gasteiger partial charge in [-0.05, 0) is 58.9 Å². The van der Waals surface area contributed by atoms with Gasteiger partial charge in [-0.25, -0.2) is 9.78 Å². The zero-order chi connectivity index (χ0) is 20.2. The van der Waals surface area contributed by atoms with Gasteiger partial charge in [0.05, 0.1) is 6.04 Å². The van der Waals surface area contributed by atoms with E-state index in [1.165, 1.54) is 0 Å². The van der Waals surface area contributed by atoms with E-state index >= 15 is 0 Å². The Kier molecular flexibility index (Phi) is 4.68. The first-order chi connectivity index (χ1) is 13.2. The van der Waals surface area contributed by atoms with Crippen LogP contribution in [0, 0.1) is 5.92 Å². The van der Waals surface area contributed by atoms with Crippen LogP contribution in [0.15, 0.2) is 6.07 Å². The van der Waals surface area contributed by atoms with E-state index in [1.807, 2.05) is 26.8 Å². The van der Waals surface area contributed by atoms with Gasteiger partial charge in [-0.2, -0.15) is 0 Å². The number of piperazine rings is 1. The zero-order valence-electron chi connectivity index (χ0n) is 17.4. The fraction of sp³-hybridized carbons (Fsp3) is 0.714. The lowest BCUT2D eigenvalue weighted by atomic mass is 10.1. The third-order valence-corrected chi connectivity index (χ3v) is 5.80. The number of nitrogens with zero attached hydrogens (tertiary/aromatic N) is 3. The molecule has 0 bridgehead atoms. The van der Waals surface area contributed by atoms with Crippen molar-refractivity contribution in [3.63, 3.8) is 0 Å². The molecule has 1 N–H and O–H groups in total. The zero-order valence-corrected chi connectivity index (χ0v) is 17.4. The molecule has 154 valence electrons. The summed E-state index contributed by atoms with van der Waals surface area (Å²) in [4.78, 5) is 21.5. The number of rotatable bonds is 3. The maximum atomic E-state index is 12.6. The maximum Gasteiger partial charge on any atom is 0.410 e. The Labute approximate surface area is 166 Å². The van der Waals surface area contributed by atoms with Crippen molar-refractivity contribution in [1.82, 2.24) is 9.88 Å². The minimum Gasteiger partial charge on any atom is -0.506 e. The second kappa shape index (κ2) is 6.79. The number of carbonyl (C=O) groups excluding carboxylic acids is 1. The minimum atomic E-state index is -0.504. The lowest BCUT2D eigenvalue weighted by Gasteiger charge is -2.43. The second-order valence-electron chi connectivity index (χ2n) is 9.37. The summed E-state index contributed by atoms with van der Waals surface area (Å²) in [7, 11) is 1.68. The van der Waals surface area contributed by atoms with Gasteiger partial charge in [-0.1, -0.05) is 0 Å². The van der Waals surface area contributed by atoms with E-state index in [0.717, 1.165) is 30.6 Å². The summed E-state index contributed by atoms with van der Waals surface area (Å²) in [6.45, 7) is 8.96. The topological polar surface area (TPSA) is 75.1 Å². The number of anilines is 1. The molecule has 0 radical (unpaired) electrons. The molecular weight excluding hydrogens is 358 g/mol. The van der Waals surface area contributed by atoms with Crippen molar-refractivity contribution >= 4 is 11.9 Å². The van der Waals surface area contributed by atoms with Crippen LogP contribution in [0.4, 0.5) is 10.6 Å². The first kappa shape index (κ1) is 19.3. The highest BCUT2D eigenvalue weighted by Gasteiger charge is 2.43. The molecular formula is C21H31N3O4. The minimum absolute atomic E-state index is 0.124. The molecule has 0 spiro atoms. The van der Waals surface area contributed by atoms with Gasteiger partial charge in [0.2, 0.25) is 0 Å². The fourth-order valence-electron chi connectivity index (χ4n) is 4.51. The van der Waals surface area contributed by atoms with Crippen LogP contribution < -0.4 is 4.90 Å². The Morgan fingerprint density at radius 1 is 1.32 bits per heavy atom. The van der Waals surface area contributed by atoms with Crippen LogP contribution in [0.5, 0.6) is 5.75 Å². The number of hydrogen-bond donors (Lipinski definition) is 1. The van der Waals surface area contributed by atoms with Crippen LogP contribution in [-0.2, 0) is 15.9 Å². The summed E-state index contributed by atoms with van der Waals surface area (Å²) in [6.07, 6.45) is 2.58. The number of pyridine rings is 1. The molecule has 3 atom stereocenters. The van der Waals surface area contributed by atoms with Crippen LogP contribution in [-0.4, -0.2) is 59.0 Å². The number of aromatic hydroxyl groups is 1. The fourth-order valence-corrected chi connectivity index (χ4v) is 4.51. The van der Waals surface area contributed by atoms with Crippen molar-refractivity contribution in [2.24, 2.45) is 5.92 Å². The maximum absolute atomic E-state index is 12.6. The monoisotopic (exact) mass is 389 g/mol. The highest BCUT2D eigenvalue weighted by atomic mass is 16.6. The van der Waals surface area contributed by atoms with E-state index in [1.54, 1.807) is 12.0 Å². The van der Waals surface area contributed by atoms with E-state index in [4.69, 9.17) is 14.5 Å². The molecule has 0 aromatic carbocycles. The summed E-state index contributed by atoms with van der Waals surface area (Å²) in [5.41, 5.74) is 1.18. The van der Waals surface area contributed by atoms with E-state index < -0.39 is 5.60 Å². The molecule has 4 rings (SSSR count). The van der Waals surface area contributed by atoms with Crippen LogP contribution in [0.3, 0.4) is 0 Å². The largest absolute Gasteiger partial charge is 0.506 e. The first-order valence-electron chi connectivity index (χ1n) is 10.2. The molecule has 1 saturated carbocycles. The number of amides is 1. The highest BCUT2D eigenvalue weighted by molar-refractivity contribution is 5.70. The van der Waals surface area contributed by atoms with E-state index in [2.05, 4.69) is 11.8 Å². The van der Waals surface area contributed by atoms with Gasteiger partial charge in [0.25, 0.3) is 0 Å². The molecule has 1 aromatic heterocycles. The summed E-state index contributed by atoms with van der Waals surface area (Å²) in [5, 5.41) is 10.6. The standard InChI is InChI=1S/C21H31N3O4/c1-12-10-23(20(26)28-21(2,3)4)11-15-8-14-9-16(25)17(22-19(14)24(12)15)18(27-5)13-6-7-13/h9,12-13,15,18,25H,6-8,10-11H2,1-5H3/t12-,15-,18?/m1/s1. The molecule has 28 heavy (non-hydrogen) atoms. The average Bonchev–Trinajstić information content (AvgIpc) is 3.35. The second-order valence-corrected chi connectivity index (χ2v) is 9.37. The molecule has 1 saturated heterocycles. The molecule has 1 unspecified atom stereocenters. The average molecular weight is 389 g/mol. The van der Waals surface area contributed by atoms with Crippen LogP contribution in [0.2, 0.25) is 0 Å². The van der Waals surface area contributed by atoms with Crippen LogP contribution >= 0.6 is 0 Å². The first-order valence-corrected chi connectivity index (χ1v) is 10.2. The molecule has 3 heterocycles. The van der Waals surface area contributed by atoms with Gasteiger partial charge in [0, 0.05) is 31.8 Å². The summed E-state index contributed by atoms with van der Waals surface area (Å²) in [6, 6.07) is 2.12. The van der Waals surface area contributed by atoms with Gasteiger partial charge in [0.1, 0.15) is 29.0 Å². The van der Waals surface area contributed by atoms with Gasteiger partial charge >= 0.3 is 6.09 Å². The third kappa shape index (κ3) is 3.52. The van der Waals surface area contributed by atoms with E-state index in [9.17, 15) is 9.90 Å². The summed E-state index contributed by atoms with van der Waals surface area (Å²) >= 11 is 0. The predicted octanol–water partition coefficient (Wildman–Crippen LogP) is 3.26. The molecule has 7 heteroatoms. The highest BCUT2D eigenvalue weighted by Crippen LogP contribution is 2.47. The predicted molar refractivity (Wildman–Crippen MR) is 106 cm³/mol. The Morgan fingerprint density at radius 3 is 2.64 bits per heavy atom. The van der Waals surface area contributed by atoms with Gasteiger partial charge in [0.15, 0.2) is 0 Å². The number of ether oxygens (including phenoxy) is 2. The van der Waals surface area contributed by atoms with Crippen molar-refractivity contribution in [2.45, 2.75) is 70.7 Å². The number of fused-ring (bicyclic) bond motifs is 3. The van der Waals surface area contributed by atoms with Gasteiger partial charge < -0.3 is 24.4 Å². The molecule has 3 aliphatic rings. The van der Waals surface area contributed by atoms with Crippen LogP contribution in [0.25, 0.3) is 0 Å². The Morgan fingerprint density at radius 2 is 2.04 bits per heavy atom. The number of methoxy groups -OCH3 is 1. The van der Waals surface area contributed by atoms with Crippen molar-refractivity contribution in [3.05, 3.63) is 17.3 Å². The lowest BCUT2D eigenvalue weighted by molar-refractivity contribution is 0.0191. The Hall–Kier alpha value is -2.02. The molecule has 1 aliphatic carbocycles. The van der Waals surface area contributed by atoms with E-state index in [0.29, 0.717) is 24.7 Å². The van der Waals surface area contributed by atoms with Gasteiger partial charge in [-0.15, -0.1) is 0 Å². The lowest BCUT2D eigenvalue weighted by Crippen LogP contribution is -2.58. The van der Waals surface area contributed by atoms with Crippen molar-refractivity contribution in [1.29, 1.82) is 0 Å². The summed E-state index contributed by atoms with van der Waals surface area (Å²) in [5.74, 6) is 1.59. The molecule has 1 amide bonds. The molecule has 1 aromatic rings. The van der Waals surface area contributed by atoms with Crippen molar-refractivity contribution in [2.75, 3.05) is 25.1 Å². The number of hydrogen-bond acceptors (Lipinski definition) is 6. The van der Waals surface area contributed by atoms with Crippen molar-refractivity contribution < 1.29 is 19.4 Å². The normalized spacial score (nSPS) is 25.3. The molecule has 7 nitrogen and oxygen atoms in total. The van der Waals surface area contributed by atoms with Gasteiger partial charge in [-0.3, -0.25) is 0 Å². The summed E-state index contributed by atoms with van der Waals surface area (Å²) < 4.78 is 11.2. The SMILES string of the molecule is COC(c1nc2c(cc1O)C[C@@H]1CN(C(=O)OC(C)(C)C)C[C@@H](C)N21)C1CC1. The number of aromatic nitrogens is 1. The Bertz CT molecular complexity index is 772. The molecule has 2 aliphatic heterocycles. The Balaban J connectivity index is 1.57. The van der Waals surface area contributed by atoms with E-state index in [-0.39, 0.29) is 30.0 Å².